The number of phenols is 1. The summed E-state index contributed by atoms with van der Waals surface area (Å²) in [7, 11) is -3.75. The van der Waals surface area contributed by atoms with Crippen LogP contribution in [0.1, 0.15) is 20.9 Å². The van der Waals surface area contributed by atoms with E-state index in [4.69, 9.17) is 8.60 Å². The number of nitrogens with zero attached hydrogens (tertiary/aromatic N) is 1. The first kappa shape index (κ1) is 22.3. The zero-order valence-electron chi connectivity index (χ0n) is 16.3. The van der Waals surface area contributed by atoms with E-state index in [1.807, 2.05) is 0 Å². The van der Waals surface area contributed by atoms with Gasteiger partial charge in [0.05, 0.1) is 17.4 Å². The highest BCUT2D eigenvalue weighted by molar-refractivity contribution is 7.86. The number of hydrogen-bond donors (Lipinski definition) is 3. The molecule has 0 radical (unpaired) electrons. The summed E-state index contributed by atoms with van der Waals surface area (Å²) >= 11 is 0. The highest BCUT2D eigenvalue weighted by Gasteiger charge is 2.20. The van der Waals surface area contributed by atoms with E-state index in [-0.39, 0.29) is 22.6 Å². The summed E-state index contributed by atoms with van der Waals surface area (Å²) in [5, 5.41) is 20.3. The Morgan fingerprint density at radius 1 is 1.09 bits per heavy atom. The molecule has 3 N–H and O–H groups in total. The van der Waals surface area contributed by atoms with Crippen molar-refractivity contribution < 1.29 is 36.6 Å². The number of furan rings is 1. The molecule has 12 nitrogen and oxygen atoms in total. The first-order valence-corrected chi connectivity index (χ1v) is 10.5. The summed E-state index contributed by atoms with van der Waals surface area (Å²) in [5.74, 6) is -2.50. The number of nitro benzene ring substituents is 1. The standard InChI is InChI=1S/C19H15N3O9S/c1-32(28,29)31-13-4-2-3-11(9-13)14-7-8-30-17(14)19(25)21-20-18(24)12-5-6-16(23)15(10-12)22(26)27/h2-10,23H,1H3,(H,20,24)(H,21,25). The Hall–Kier alpha value is -4.39. The number of nitro groups is 1. The molecule has 1 aromatic heterocycles. The maximum atomic E-state index is 12.5. The van der Waals surface area contributed by atoms with Gasteiger partial charge in [-0.3, -0.25) is 30.6 Å². The van der Waals surface area contributed by atoms with E-state index in [2.05, 4.69) is 10.9 Å². The van der Waals surface area contributed by atoms with E-state index in [0.29, 0.717) is 5.56 Å². The molecular formula is C19H15N3O9S. The topological polar surface area (TPSA) is 178 Å². The van der Waals surface area contributed by atoms with Crippen LogP contribution in [0.4, 0.5) is 5.69 Å². The summed E-state index contributed by atoms with van der Waals surface area (Å²) in [4.78, 5) is 34.7. The zero-order valence-corrected chi connectivity index (χ0v) is 17.1. The zero-order chi connectivity index (χ0) is 23.5. The van der Waals surface area contributed by atoms with Gasteiger partial charge >= 0.3 is 21.7 Å². The minimum atomic E-state index is -3.75. The van der Waals surface area contributed by atoms with Crippen molar-refractivity contribution in [3.63, 3.8) is 0 Å². The molecule has 0 bridgehead atoms. The molecule has 2 amide bonds. The van der Waals surface area contributed by atoms with Crippen LogP contribution in [-0.2, 0) is 10.1 Å². The quantitative estimate of drug-likeness (QED) is 0.281. The van der Waals surface area contributed by atoms with Gasteiger partial charge in [0.1, 0.15) is 5.75 Å². The Labute approximate surface area is 180 Å². The third kappa shape index (κ3) is 5.20. The number of carbonyl (C=O) groups excluding carboxylic acids is 2. The van der Waals surface area contributed by atoms with Crippen LogP contribution in [0.25, 0.3) is 11.1 Å². The third-order valence-electron chi connectivity index (χ3n) is 3.99. The Morgan fingerprint density at radius 3 is 2.50 bits per heavy atom. The van der Waals surface area contributed by atoms with Gasteiger partial charge in [0.25, 0.3) is 5.91 Å². The number of amides is 2. The average molecular weight is 461 g/mol. The Bertz CT molecular complexity index is 1320. The van der Waals surface area contributed by atoms with Crippen molar-refractivity contribution >= 4 is 27.6 Å². The van der Waals surface area contributed by atoms with Gasteiger partial charge in [0.2, 0.25) is 5.76 Å². The SMILES string of the molecule is CS(=O)(=O)Oc1cccc(-c2ccoc2C(=O)NNC(=O)c2ccc(O)c([N+](=O)[O-])c2)c1. The Morgan fingerprint density at radius 2 is 1.81 bits per heavy atom. The lowest BCUT2D eigenvalue weighted by Crippen LogP contribution is -2.41. The molecule has 0 aliphatic carbocycles. The number of hydrogen-bond acceptors (Lipinski definition) is 9. The molecular weight excluding hydrogens is 446 g/mol. The second-order valence-corrected chi connectivity index (χ2v) is 7.92. The van der Waals surface area contributed by atoms with Gasteiger partial charge < -0.3 is 13.7 Å². The van der Waals surface area contributed by atoms with Crippen molar-refractivity contribution in [2.45, 2.75) is 0 Å². The highest BCUT2D eigenvalue weighted by Crippen LogP contribution is 2.29. The number of carbonyl (C=O) groups is 2. The average Bonchev–Trinajstić information content (AvgIpc) is 3.21. The monoisotopic (exact) mass is 461 g/mol. The fraction of sp³-hybridized carbons (Fsp3) is 0.0526. The first-order valence-electron chi connectivity index (χ1n) is 8.70. The Kier molecular flexibility index (Phi) is 6.11. The molecule has 0 aliphatic rings. The summed E-state index contributed by atoms with van der Waals surface area (Å²) < 4.78 is 32.6. The summed E-state index contributed by atoms with van der Waals surface area (Å²) in [5.41, 5.74) is 4.05. The first-order chi connectivity index (χ1) is 15.0. The van der Waals surface area contributed by atoms with Gasteiger partial charge in [0, 0.05) is 17.2 Å². The minimum Gasteiger partial charge on any atom is -0.502 e. The number of hydrazine groups is 1. The van der Waals surface area contributed by atoms with Gasteiger partial charge in [0.15, 0.2) is 5.75 Å². The number of benzene rings is 2. The van der Waals surface area contributed by atoms with Crippen LogP contribution >= 0.6 is 0 Å². The summed E-state index contributed by atoms with van der Waals surface area (Å²) in [6, 6.07) is 10.3. The van der Waals surface area contributed by atoms with Gasteiger partial charge in [-0.1, -0.05) is 12.1 Å². The van der Waals surface area contributed by atoms with Crippen molar-refractivity contribution in [3.8, 4) is 22.6 Å². The second-order valence-electron chi connectivity index (χ2n) is 6.35. The highest BCUT2D eigenvalue weighted by atomic mass is 32.2. The number of nitrogens with one attached hydrogen (secondary N) is 2. The maximum absolute atomic E-state index is 12.5. The van der Waals surface area contributed by atoms with Crippen molar-refractivity contribution in [2.75, 3.05) is 6.26 Å². The van der Waals surface area contributed by atoms with Crippen LogP contribution < -0.4 is 15.0 Å². The molecule has 1 heterocycles. The van der Waals surface area contributed by atoms with Gasteiger partial charge in [-0.05, 0) is 35.9 Å². The number of rotatable bonds is 6. The van der Waals surface area contributed by atoms with E-state index >= 15 is 0 Å². The molecule has 32 heavy (non-hydrogen) atoms. The van der Waals surface area contributed by atoms with E-state index in [0.717, 1.165) is 24.5 Å². The second kappa shape index (κ2) is 8.77. The van der Waals surface area contributed by atoms with E-state index < -0.39 is 38.3 Å². The van der Waals surface area contributed by atoms with E-state index in [1.165, 1.54) is 30.5 Å². The van der Waals surface area contributed by atoms with Crippen molar-refractivity contribution in [3.05, 3.63) is 76.2 Å². The number of phenolic OH excluding ortho intramolecular Hbond substituents is 1. The normalized spacial score (nSPS) is 10.9. The molecule has 0 spiro atoms. The fourth-order valence-electron chi connectivity index (χ4n) is 2.66. The fourth-order valence-corrected chi connectivity index (χ4v) is 3.11. The van der Waals surface area contributed by atoms with Crippen LogP contribution in [0.5, 0.6) is 11.5 Å². The molecule has 13 heteroatoms. The molecule has 3 aromatic rings. The summed E-state index contributed by atoms with van der Waals surface area (Å²) in [6.07, 6.45) is 2.11. The smallest absolute Gasteiger partial charge is 0.311 e. The van der Waals surface area contributed by atoms with Gasteiger partial charge in [-0.25, -0.2) is 0 Å². The lowest BCUT2D eigenvalue weighted by Gasteiger charge is -2.08. The van der Waals surface area contributed by atoms with Crippen LogP contribution in [0.3, 0.4) is 0 Å². The van der Waals surface area contributed by atoms with Gasteiger partial charge in [-0.2, -0.15) is 8.42 Å². The van der Waals surface area contributed by atoms with Crippen molar-refractivity contribution in [2.24, 2.45) is 0 Å². The molecule has 0 aliphatic heterocycles. The van der Waals surface area contributed by atoms with Crippen molar-refractivity contribution in [1.82, 2.24) is 10.9 Å². The predicted octanol–water partition coefficient (Wildman–Crippen LogP) is 1.97. The largest absolute Gasteiger partial charge is 0.502 e. The predicted molar refractivity (Wildman–Crippen MR) is 109 cm³/mol. The molecule has 0 saturated heterocycles. The molecule has 0 saturated carbocycles. The molecule has 2 aromatic carbocycles. The number of aromatic hydroxyl groups is 1. The van der Waals surface area contributed by atoms with E-state index in [1.54, 1.807) is 6.07 Å². The lowest BCUT2D eigenvalue weighted by atomic mass is 10.1. The maximum Gasteiger partial charge on any atom is 0.311 e. The minimum absolute atomic E-state index is 0.0276. The van der Waals surface area contributed by atoms with Crippen LogP contribution in [0.2, 0.25) is 0 Å². The molecule has 166 valence electrons. The van der Waals surface area contributed by atoms with Gasteiger partial charge in [-0.15, -0.1) is 0 Å². The van der Waals surface area contributed by atoms with Crippen LogP contribution in [-0.4, -0.2) is 36.5 Å². The molecule has 0 fully saturated rings. The van der Waals surface area contributed by atoms with Crippen LogP contribution in [0, 0.1) is 10.1 Å². The molecule has 0 atom stereocenters. The Balaban J connectivity index is 1.75. The molecule has 3 rings (SSSR count). The summed E-state index contributed by atoms with van der Waals surface area (Å²) in [6.45, 7) is 0. The van der Waals surface area contributed by atoms with Crippen LogP contribution in [0.15, 0.2) is 59.2 Å². The van der Waals surface area contributed by atoms with Crippen molar-refractivity contribution in [1.29, 1.82) is 0 Å². The third-order valence-corrected chi connectivity index (χ3v) is 4.48. The molecule has 0 unspecified atom stereocenters. The van der Waals surface area contributed by atoms with E-state index in [9.17, 15) is 33.2 Å². The lowest BCUT2D eigenvalue weighted by molar-refractivity contribution is -0.385.